The van der Waals surface area contributed by atoms with Crippen LogP contribution in [0.1, 0.15) is 21.6 Å². The van der Waals surface area contributed by atoms with E-state index in [0.717, 1.165) is 5.69 Å². The predicted octanol–water partition coefficient (Wildman–Crippen LogP) is 4.23. The predicted molar refractivity (Wildman–Crippen MR) is 102 cm³/mol. The van der Waals surface area contributed by atoms with Crippen LogP contribution in [-0.4, -0.2) is 20.2 Å². The zero-order valence-corrected chi connectivity index (χ0v) is 14.5. The molecule has 1 N–H and O–H groups in total. The van der Waals surface area contributed by atoms with Gasteiger partial charge in [-0.1, -0.05) is 41.9 Å². The van der Waals surface area contributed by atoms with Gasteiger partial charge in [-0.25, -0.2) is 9.97 Å². The summed E-state index contributed by atoms with van der Waals surface area (Å²) in [5.74, 6) is 0.563. The van der Waals surface area contributed by atoms with Crippen molar-refractivity contribution >= 4 is 28.8 Å². The Labute approximate surface area is 155 Å². The van der Waals surface area contributed by atoms with Crippen LogP contribution >= 0.6 is 11.6 Å². The maximum absolute atomic E-state index is 12.8. The molecule has 0 bridgehead atoms. The van der Waals surface area contributed by atoms with Crippen molar-refractivity contribution in [1.82, 2.24) is 14.4 Å². The number of hydrogen-bond acceptors (Lipinski definition) is 4. The number of hydrogen-bond donors (Lipinski definition) is 1. The number of halogens is 1. The molecule has 5 nitrogen and oxygen atoms in total. The van der Waals surface area contributed by atoms with Crippen LogP contribution in [0.3, 0.4) is 0 Å². The molecule has 0 aliphatic rings. The van der Waals surface area contributed by atoms with Gasteiger partial charge in [0.25, 0.3) is 0 Å². The molecule has 0 aliphatic carbocycles. The summed E-state index contributed by atoms with van der Waals surface area (Å²) >= 11 is 6.12. The summed E-state index contributed by atoms with van der Waals surface area (Å²) in [4.78, 5) is 21.5. The molecular formula is C20H15ClN4O. The van der Waals surface area contributed by atoms with Gasteiger partial charge in [0.1, 0.15) is 0 Å². The van der Waals surface area contributed by atoms with Gasteiger partial charge >= 0.3 is 0 Å². The lowest BCUT2D eigenvalue weighted by atomic mass is 10.0. The van der Waals surface area contributed by atoms with Gasteiger partial charge < -0.3 is 5.32 Å². The van der Waals surface area contributed by atoms with E-state index in [0.29, 0.717) is 34.2 Å². The molecule has 0 radical (unpaired) electrons. The van der Waals surface area contributed by atoms with Gasteiger partial charge in [0, 0.05) is 40.4 Å². The zero-order chi connectivity index (χ0) is 17.9. The zero-order valence-electron chi connectivity index (χ0n) is 13.8. The molecule has 0 fully saturated rings. The van der Waals surface area contributed by atoms with E-state index in [1.165, 1.54) is 0 Å². The van der Waals surface area contributed by atoms with Gasteiger partial charge in [0.05, 0.1) is 12.2 Å². The number of anilines is 1. The molecule has 0 saturated heterocycles. The van der Waals surface area contributed by atoms with Crippen molar-refractivity contribution in [3.63, 3.8) is 0 Å². The average Bonchev–Trinajstić information content (AvgIpc) is 3.10. The fourth-order valence-electron chi connectivity index (χ4n) is 2.75. The highest BCUT2D eigenvalue weighted by Crippen LogP contribution is 2.24. The largest absolute Gasteiger partial charge is 0.379 e. The molecule has 4 rings (SSSR count). The SMILES string of the molecule is O=C(c1ccccc1)c1cc(Cl)ccc1NCc1cn2cccnc2n1. The molecule has 0 spiro atoms. The lowest BCUT2D eigenvalue weighted by Crippen LogP contribution is -2.08. The molecule has 6 heteroatoms. The molecule has 0 unspecified atom stereocenters. The standard InChI is InChI=1S/C20H15ClN4O/c21-15-7-8-18(17(11-15)19(26)14-5-2-1-3-6-14)23-12-16-13-25-10-4-9-22-20(25)24-16/h1-11,13,23H,12H2. The highest BCUT2D eigenvalue weighted by Gasteiger charge is 2.14. The number of aromatic nitrogens is 3. The first-order chi connectivity index (χ1) is 12.7. The third-order valence-electron chi connectivity index (χ3n) is 4.01. The van der Waals surface area contributed by atoms with Crippen LogP contribution in [0.2, 0.25) is 5.02 Å². The monoisotopic (exact) mass is 362 g/mol. The second kappa shape index (κ2) is 6.98. The highest BCUT2D eigenvalue weighted by atomic mass is 35.5. The van der Waals surface area contributed by atoms with Crippen molar-refractivity contribution < 1.29 is 4.79 Å². The Balaban J connectivity index is 1.61. The van der Waals surface area contributed by atoms with Crippen molar-refractivity contribution in [2.24, 2.45) is 0 Å². The summed E-state index contributed by atoms with van der Waals surface area (Å²) < 4.78 is 1.86. The van der Waals surface area contributed by atoms with Crippen molar-refractivity contribution in [2.45, 2.75) is 6.54 Å². The van der Waals surface area contributed by atoms with Gasteiger partial charge in [-0.2, -0.15) is 0 Å². The average molecular weight is 363 g/mol. The number of benzene rings is 2. The van der Waals surface area contributed by atoms with E-state index in [1.54, 1.807) is 30.5 Å². The van der Waals surface area contributed by atoms with Gasteiger partial charge in [-0.15, -0.1) is 0 Å². The Morgan fingerprint density at radius 1 is 1.12 bits per heavy atom. The highest BCUT2D eigenvalue weighted by molar-refractivity contribution is 6.31. The number of nitrogens with zero attached hydrogens (tertiary/aromatic N) is 3. The number of fused-ring (bicyclic) bond motifs is 1. The van der Waals surface area contributed by atoms with Crippen molar-refractivity contribution in [2.75, 3.05) is 5.32 Å². The smallest absolute Gasteiger partial charge is 0.233 e. The number of carbonyl (C=O) groups excluding carboxylic acids is 1. The Hall–Kier alpha value is -3.18. The minimum atomic E-state index is -0.0766. The molecule has 26 heavy (non-hydrogen) atoms. The maximum atomic E-state index is 12.8. The molecule has 0 atom stereocenters. The molecule has 2 heterocycles. The quantitative estimate of drug-likeness (QED) is 0.540. The van der Waals surface area contributed by atoms with Crippen molar-refractivity contribution in [3.8, 4) is 0 Å². The molecule has 4 aromatic rings. The van der Waals surface area contributed by atoms with Crippen LogP contribution < -0.4 is 5.32 Å². The summed E-state index contributed by atoms with van der Waals surface area (Å²) in [5.41, 5.74) is 2.70. The fraction of sp³-hybridized carbons (Fsp3) is 0.0500. The van der Waals surface area contributed by atoms with Crippen molar-refractivity contribution in [3.05, 3.63) is 95.0 Å². The van der Waals surface area contributed by atoms with Crippen LogP contribution in [0.5, 0.6) is 0 Å². The summed E-state index contributed by atoms with van der Waals surface area (Å²) in [6.45, 7) is 0.472. The minimum absolute atomic E-state index is 0.0766. The molecule has 128 valence electrons. The van der Waals surface area contributed by atoms with E-state index in [2.05, 4.69) is 15.3 Å². The lowest BCUT2D eigenvalue weighted by molar-refractivity contribution is 0.103. The minimum Gasteiger partial charge on any atom is -0.379 e. The molecule has 0 saturated carbocycles. The molecular weight excluding hydrogens is 348 g/mol. The first-order valence-electron chi connectivity index (χ1n) is 8.12. The first-order valence-corrected chi connectivity index (χ1v) is 8.50. The van der Waals surface area contributed by atoms with E-state index in [9.17, 15) is 4.79 Å². The lowest BCUT2D eigenvalue weighted by Gasteiger charge is -2.11. The molecule has 0 aliphatic heterocycles. The van der Waals surface area contributed by atoms with E-state index in [4.69, 9.17) is 11.6 Å². The van der Waals surface area contributed by atoms with E-state index in [1.807, 2.05) is 47.1 Å². The van der Waals surface area contributed by atoms with E-state index in [-0.39, 0.29) is 5.78 Å². The third-order valence-corrected chi connectivity index (χ3v) is 4.24. The topological polar surface area (TPSA) is 59.3 Å². The number of carbonyl (C=O) groups is 1. The Morgan fingerprint density at radius 3 is 2.77 bits per heavy atom. The third kappa shape index (κ3) is 3.30. The van der Waals surface area contributed by atoms with Crippen LogP contribution in [0.15, 0.2) is 73.2 Å². The molecule has 0 amide bonds. The van der Waals surface area contributed by atoms with Gasteiger partial charge in [-0.3, -0.25) is 9.20 Å². The van der Waals surface area contributed by atoms with Crippen LogP contribution in [0.4, 0.5) is 5.69 Å². The number of imidazole rings is 1. The number of rotatable bonds is 5. The summed E-state index contributed by atoms with van der Waals surface area (Å²) in [5, 5.41) is 3.81. The van der Waals surface area contributed by atoms with Crippen LogP contribution in [0.25, 0.3) is 5.78 Å². The Bertz CT molecular complexity index is 1040. The molecule has 2 aromatic heterocycles. The Morgan fingerprint density at radius 2 is 1.96 bits per heavy atom. The van der Waals surface area contributed by atoms with Crippen molar-refractivity contribution in [1.29, 1.82) is 0 Å². The van der Waals surface area contributed by atoms with Gasteiger partial charge in [0.2, 0.25) is 5.78 Å². The molecule has 2 aromatic carbocycles. The van der Waals surface area contributed by atoms with E-state index < -0.39 is 0 Å². The maximum Gasteiger partial charge on any atom is 0.233 e. The second-order valence-corrected chi connectivity index (χ2v) is 6.23. The van der Waals surface area contributed by atoms with Gasteiger partial charge in [0.15, 0.2) is 5.78 Å². The second-order valence-electron chi connectivity index (χ2n) is 5.80. The first kappa shape index (κ1) is 16.3. The normalized spacial score (nSPS) is 10.8. The fourth-order valence-corrected chi connectivity index (χ4v) is 2.93. The summed E-state index contributed by atoms with van der Waals surface area (Å²) in [7, 11) is 0. The summed E-state index contributed by atoms with van der Waals surface area (Å²) in [6.07, 6.45) is 5.50. The number of ketones is 1. The van der Waals surface area contributed by atoms with Crippen LogP contribution in [-0.2, 0) is 6.54 Å². The van der Waals surface area contributed by atoms with Gasteiger partial charge in [-0.05, 0) is 24.3 Å². The van der Waals surface area contributed by atoms with Crippen LogP contribution in [0, 0.1) is 0 Å². The van der Waals surface area contributed by atoms with E-state index >= 15 is 0 Å². The number of nitrogens with one attached hydrogen (secondary N) is 1. The summed E-state index contributed by atoms with van der Waals surface area (Å²) in [6, 6.07) is 16.3. The Kier molecular flexibility index (Phi) is 4.37.